The first-order valence-corrected chi connectivity index (χ1v) is 8.86. The van der Waals surface area contributed by atoms with Crippen molar-refractivity contribution in [1.82, 2.24) is 4.72 Å². The average Bonchev–Trinajstić information content (AvgIpc) is 2.91. The van der Waals surface area contributed by atoms with Crippen molar-refractivity contribution in [3.05, 3.63) is 48.0 Å². The molecule has 1 aromatic rings. The summed E-state index contributed by atoms with van der Waals surface area (Å²) in [7, 11) is -3.59. The molecule has 114 valence electrons. The Kier molecular flexibility index (Phi) is 5.17. The maximum Gasteiger partial charge on any atom is 0.235 e. The van der Waals surface area contributed by atoms with Crippen molar-refractivity contribution in [1.29, 1.82) is 0 Å². The van der Waals surface area contributed by atoms with Crippen LogP contribution in [0.15, 0.2) is 42.5 Å². The van der Waals surface area contributed by atoms with E-state index in [0.717, 1.165) is 18.4 Å². The van der Waals surface area contributed by atoms with E-state index in [1.54, 1.807) is 0 Å². The summed E-state index contributed by atoms with van der Waals surface area (Å²) in [6.07, 6.45) is 6.15. The number of sulfonamides is 1. The topological polar surface area (TPSA) is 63.2 Å². The molecule has 4 nitrogen and oxygen atoms in total. The number of carbonyl (C=O) groups is 1. The van der Waals surface area contributed by atoms with Crippen molar-refractivity contribution in [2.24, 2.45) is 5.92 Å². The predicted octanol–water partition coefficient (Wildman–Crippen LogP) is 2.59. The fraction of sp³-hybridized carbons (Fsp3) is 0.438. The Labute approximate surface area is 126 Å². The minimum Gasteiger partial charge on any atom is -0.274 e. The highest BCUT2D eigenvalue weighted by molar-refractivity contribution is 7.90. The van der Waals surface area contributed by atoms with Crippen LogP contribution in [0.25, 0.3) is 0 Å². The third-order valence-electron chi connectivity index (χ3n) is 3.67. The molecule has 1 aliphatic carbocycles. The predicted molar refractivity (Wildman–Crippen MR) is 83.3 cm³/mol. The zero-order chi connectivity index (χ0) is 15.3. The summed E-state index contributed by atoms with van der Waals surface area (Å²) in [5.74, 6) is -0.468. The molecule has 0 aliphatic heterocycles. The Morgan fingerprint density at radius 3 is 2.67 bits per heavy atom. The quantitative estimate of drug-likeness (QED) is 0.822. The largest absolute Gasteiger partial charge is 0.274 e. The number of hydrogen-bond donors (Lipinski definition) is 1. The lowest BCUT2D eigenvalue weighted by atomic mass is 10.0. The molecule has 0 bridgehead atoms. The highest BCUT2D eigenvalue weighted by Gasteiger charge is 2.21. The molecule has 0 saturated heterocycles. The van der Waals surface area contributed by atoms with Gasteiger partial charge in [0, 0.05) is 6.42 Å². The molecule has 0 heterocycles. The van der Waals surface area contributed by atoms with Crippen LogP contribution in [0.1, 0.15) is 37.7 Å². The molecular formula is C16H21NO3S. The highest BCUT2D eigenvalue weighted by atomic mass is 32.2. The van der Waals surface area contributed by atoms with Gasteiger partial charge in [0.25, 0.3) is 0 Å². The van der Waals surface area contributed by atoms with Gasteiger partial charge in [-0.15, -0.1) is 0 Å². The molecule has 1 amide bonds. The Balaban J connectivity index is 1.89. The van der Waals surface area contributed by atoms with Crippen molar-refractivity contribution >= 4 is 15.9 Å². The molecule has 0 aromatic heterocycles. The van der Waals surface area contributed by atoms with Crippen molar-refractivity contribution in [3.8, 4) is 0 Å². The Morgan fingerprint density at radius 2 is 2.05 bits per heavy atom. The number of allylic oxidation sites excluding steroid dienone is 2. The minimum absolute atomic E-state index is 0.0801. The van der Waals surface area contributed by atoms with E-state index >= 15 is 0 Å². The van der Waals surface area contributed by atoms with E-state index in [9.17, 15) is 13.2 Å². The van der Waals surface area contributed by atoms with E-state index in [4.69, 9.17) is 0 Å². The summed E-state index contributed by atoms with van der Waals surface area (Å²) in [5.41, 5.74) is 0.953. The third-order valence-corrected chi connectivity index (χ3v) is 5.14. The maximum atomic E-state index is 12.0. The van der Waals surface area contributed by atoms with Gasteiger partial charge >= 0.3 is 0 Å². The summed E-state index contributed by atoms with van der Waals surface area (Å²) in [5, 5.41) is 0. The molecule has 2 rings (SSSR count). The normalized spacial score (nSPS) is 19.4. The molecule has 0 fully saturated rings. The standard InChI is InChI=1S/C16H21NO3S/c1-13(15-9-3-2-4-10-15)12-21(19,20)17-16(18)11-14-7-5-6-8-14/h2-5,7,9-10,13-14H,6,8,11-12H2,1H3,(H,17,18)/t13-,14-/m0/s1. The van der Waals surface area contributed by atoms with Crippen LogP contribution in [0.2, 0.25) is 0 Å². The fourth-order valence-electron chi connectivity index (χ4n) is 2.57. The molecule has 0 radical (unpaired) electrons. The zero-order valence-electron chi connectivity index (χ0n) is 12.2. The molecule has 5 heteroatoms. The van der Waals surface area contributed by atoms with E-state index in [-0.39, 0.29) is 24.0 Å². The van der Waals surface area contributed by atoms with Crippen LogP contribution in [0.5, 0.6) is 0 Å². The van der Waals surface area contributed by atoms with Gasteiger partial charge in [-0.1, -0.05) is 49.4 Å². The summed E-state index contributed by atoms with van der Waals surface area (Å²) in [6, 6.07) is 9.44. The van der Waals surface area contributed by atoms with Gasteiger partial charge in [0.2, 0.25) is 15.9 Å². The Morgan fingerprint density at radius 1 is 1.33 bits per heavy atom. The van der Waals surface area contributed by atoms with E-state index < -0.39 is 15.9 Å². The molecule has 0 saturated carbocycles. The second-order valence-corrected chi connectivity index (χ2v) is 7.36. The van der Waals surface area contributed by atoms with Gasteiger partial charge < -0.3 is 0 Å². The molecule has 2 atom stereocenters. The number of rotatable bonds is 6. The fourth-order valence-corrected chi connectivity index (χ4v) is 3.93. The molecule has 1 aromatic carbocycles. The lowest BCUT2D eigenvalue weighted by Gasteiger charge is -2.14. The van der Waals surface area contributed by atoms with Crippen molar-refractivity contribution < 1.29 is 13.2 Å². The number of nitrogens with one attached hydrogen (secondary N) is 1. The second kappa shape index (κ2) is 6.89. The van der Waals surface area contributed by atoms with Crippen LogP contribution in [0.3, 0.4) is 0 Å². The maximum absolute atomic E-state index is 12.0. The van der Waals surface area contributed by atoms with Crippen LogP contribution in [0, 0.1) is 5.92 Å². The van der Waals surface area contributed by atoms with Gasteiger partial charge in [-0.25, -0.2) is 8.42 Å². The molecule has 0 unspecified atom stereocenters. The lowest BCUT2D eigenvalue weighted by molar-refractivity contribution is -0.119. The first-order chi connectivity index (χ1) is 9.96. The number of benzene rings is 1. The van der Waals surface area contributed by atoms with Crippen molar-refractivity contribution in [3.63, 3.8) is 0 Å². The van der Waals surface area contributed by atoms with E-state index in [1.807, 2.05) is 49.4 Å². The average molecular weight is 307 g/mol. The van der Waals surface area contributed by atoms with Gasteiger partial charge in [0.05, 0.1) is 5.75 Å². The van der Waals surface area contributed by atoms with Crippen LogP contribution < -0.4 is 4.72 Å². The number of amides is 1. The van der Waals surface area contributed by atoms with Gasteiger partial charge in [-0.3, -0.25) is 9.52 Å². The summed E-state index contributed by atoms with van der Waals surface area (Å²) >= 11 is 0. The van der Waals surface area contributed by atoms with Crippen molar-refractivity contribution in [2.75, 3.05) is 5.75 Å². The zero-order valence-corrected chi connectivity index (χ0v) is 13.0. The Hall–Kier alpha value is -1.62. The van der Waals surface area contributed by atoms with E-state index in [0.29, 0.717) is 0 Å². The third kappa shape index (κ3) is 5.01. The highest BCUT2D eigenvalue weighted by Crippen LogP contribution is 2.20. The van der Waals surface area contributed by atoms with Gasteiger partial charge in [0.1, 0.15) is 0 Å². The monoisotopic (exact) mass is 307 g/mol. The van der Waals surface area contributed by atoms with Crippen molar-refractivity contribution in [2.45, 2.75) is 32.1 Å². The minimum atomic E-state index is -3.59. The molecule has 21 heavy (non-hydrogen) atoms. The van der Waals surface area contributed by atoms with Gasteiger partial charge in [-0.05, 0) is 30.2 Å². The van der Waals surface area contributed by atoms with Crippen LogP contribution in [-0.4, -0.2) is 20.1 Å². The summed E-state index contributed by atoms with van der Waals surface area (Å²) in [4.78, 5) is 11.8. The number of carbonyl (C=O) groups excluding carboxylic acids is 1. The van der Waals surface area contributed by atoms with Gasteiger partial charge in [-0.2, -0.15) is 0 Å². The molecule has 1 N–H and O–H groups in total. The van der Waals surface area contributed by atoms with Crippen LogP contribution >= 0.6 is 0 Å². The first kappa shape index (κ1) is 15.8. The SMILES string of the molecule is C[C@@H](CS(=O)(=O)NC(=O)C[C@H]1C=CCC1)c1ccccc1. The van der Waals surface area contributed by atoms with E-state index in [2.05, 4.69) is 4.72 Å². The first-order valence-electron chi connectivity index (χ1n) is 7.21. The summed E-state index contributed by atoms with van der Waals surface area (Å²) < 4.78 is 26.3. The van der Waals surface area contributed by atoms with E-state index in [1.165, 1.54) is 0 Å². The summed E-state index contributed by atoms with van der Waals surface area (Å²) in [6.45, 7) is 1.85. The lowest BCUT2D eigenvalue weighted by Crippen LogP contribution is -2.34. The van der Waals surface area contributed by atoms with Crippen LogP contribution in [0.4, 0.5) is 0 Å². The molecular weight excluding hydrogens is 286 g/mol. The van der Waals surface area contributed by atoms with Gasteiger partial charge in [0.15, 0.2) is 0 Å². The van der Waals surface area contributed by atoms with Crippen LogP contribution in [-0.2, 0) is 14.8 Å². The molecule has 1 aliphatic rings. The Bertz CT molecular complexity index is 608. The number of hydrogen-bond acceptors (Lipinski definition) is 3. The second-order valence-electron chi connectivity index (χ2n) is 5.59. The molecule has 0 spiro atoms. The smallest absolute Gasteiger partial charge is 0.235 e.